The lowest BCUT2D eigenvalue weighted by Crippen LogP contribution is -2.24. The van der Waals surface area contributed by atoms with Crippen molar-refractivity contribution in [2.24, 2.45) is 0 Å². The standard InChI is InChI=1S/C35H26N4S/c1-21-20-28-25-13-8-14-27(33(25)40-35(28)37-22(21)2)34-38-30-18-17-29-26(15-9-19-36-29)32(30)39(34)31-16-7-6-12-24(31)23-10-4-3-5-11-23/h3-20,34,38H,1-2H3/i1D3,2D3. The Labute approximate surface area is 245 Å². The molecule has 3 aromatic heterocycles. The van der Waals surface area contributed by atoms with Crippen molar-refractivity contribution in [3.05, 3.63) is 126 Å². The third kappa shape index (κ3) is 3.44. The Hall–Kier alpha value is -4.74. The SMILES string of the molecule is [2H]C([2H])([2H])c1cc2c(nc1C([2H])([2H])[2H])sc1c(C3Nc4ccc5ncccc5c4N3c3ccccc3-c3ccccc3)cccc12. The van der Waals surface area contributed by atoms with Gasteiger partial charge in [-0.1, -0.05) is 66.7 Å². The first kappa shape index (κ1) is 17.8. The van der Waals surface area contributed by atoms with E-state index >= 15 is 0 Å². The summed E-state index contributed by atoms with van der Waals surface area (Å²) in [6.45, 7) is -5.29. The number of nitrogens with one attached hydrogen (secondary N) is 1. The van der Waals surface area contributed by atoms with Crippen LogP contribution in [0.1, 0.15) is 31.2 Å². The van der Waals surface area contributed by atoms with Gasteiger partial charge in [0.05, 0.1) is 22.6 Å². The number of anilines is 3. The molecule has 0 saturated heterocycles. The highest BCUT2D eigenvalue weighted by Gasteiger charge is 2.35. The van der Waals surface area contributed by atoms with E-state index in [4.69, 9.17) is 8.22 Å². The minimum absolute atomic E-state index is 0.242. The highest BCUT2D eigenvalue weighted by molar-refractivity contribution is 7.25. The fraction of sp³-hybridized carbons (Fsp3) is 0.0857. The minimum Gasteiger partial charge on any atom is -0.359 e. The quantitative estimate of drug-likeness (QED) is 0.242. The van der Waals surface area contributed by atoms with Gasteiger partial charge >= 0.3 is 0 Å². The van der Waals surface area contributed by atoms with Crippen molar-refractivity contribution < 1.29 is 8.22 Å². The first-order valence-electron chi connectivity index (χ1n) is 16.0. The fourth-order valence-electron chi connectivity index (χ4n) is 5.84. The number of pyridine rings is 2. The van der Waals surface area contributed by atoms with Gasteiger partial charge < -0.3 is 10.2 Å². The summed E-state index contributed by atoms with van der Waals surface area (Å²) in [7, 11) is 0. The zero-order valence-electron chi connectivity index (χ0n) is 27.2. The molecule has 5 heteroatoms. The number of para-hydroxylation sites is 1. The molecule has 1 aliphatic rings. The van der Waals surface area contributed by atoms with Crippen LogP contribution in [0.2, 0.25) is 0 Å². The average molecular weight is 541 g/mol. The number of benzene rings is 4. The second-order valence-electron chi connectivity index (χ2n) is 9.90. The molecule has 4 aromatic carbocycles. The van der Waals surface area contributed by atoms with Crippen LogP contribution in [-0.4, -0.2) is 9.97 Å². The molecule has 7 aromatic rings. The molecule has 0 saturated carbocycles. The van der Waals surface area contributed by atoms with E-state index in [1.165, 1.54) is 17.4 Å². The zero-order valence-corrected chi connectivity index (χ0v) is 22.0. The van der Waals surface area contributed by atoms with Crippen LogP contribution in [0.4, 0.5) is 17.1 Å². The molecular weight excluding hydrogens is 508 g/mol. The van der Waals surface area contributed by atoms with Crippen LogP contribution >= 0.6 is 11.3 Å². The molecule has 1 N–H and O–H groups in total. The third-order valence-corrected chi connectivity index (χ3v) is 8.78. The summed E-state index contributed by atoms with van der Waals surface area (Å²) in [5.41, 5.74) is 6.34. The normalized spacial score (nSPS) is 17.5. The van der Waals surface area contributed by atoms with E-state index in [0.717, 1.165) is 54.7 Å². The van der Waals surface area contributed by atoms with Gasteiger partial charge in [0.2, 0.25) is 0 Å². The Morgan fingerprint density at radius 1 is 0.825 bits per heavy atom. The Kier molecular flexibility index (Phi) is 3.95. The van der Waals surface area contributed by atoms with Gasteiger partial charge in [-0.25, -0.2) is 4.98 Å². The van der Waals surface area contributed by atoms with Gasteiger partial charge in [0.25, 0.3) is 0 Å². The molecule has 4 nitrogen and oxygen atoms in total. The van der Waals surface area contributed by atoms with Crippen LogP contribution in [0, 0.1) is 13.7 Å². The number of hydrogen-bond acceptors (Lipinski definition) is 5. The van der Waals surface area contributed by atoms with Crippen molar-refractivity contribution in [2.45, 2.75) is 19.9 Å². The summed E-state index contributed by atoms with van der Waals surface area (Å²) >= 11 is 1.38. The number of hydrogen-bond donors (Lipinski definition) is 1. The second kappa shape index (κ2) is 8.90. The molecule has 1 aliphatic heterocycles. The molecule has 1 unspecified atom stereocenters. The Balaban J connectivity index is 1.40. The maximum absolute atomic E-state index is 8.09. The first-order valence-corrected chi connectivity index (χ1v) is 13.9. The predicted molar refractivity (Wildman–Crippen MR) is 169 cm³/mol. The van der Waals surface area contributed by atoms with Crippen molar-refractivity contribution in [3.8, 4) is 11.1 Å². The van der Waals surface area contributed by atoms with Gasteiger partial charge in [-0.15, -0.1) is 11.3 Å². The van der Waals surface area contributed by atoms with Crippen molar-refractivity contribution in [1.29, 1.82) is 0 Å². The monoisotopic (exact) mass is 540 g/mol. The number of aromatic nitrogens is 2. The van der Waals surface area contributed by atoms with Crippen molar-refractivity contribution >= 4 is 59.6 Å². The smallest absolute Gasteiger partial charge is 0.132 e. The molecule has 40 heavy (non-hydrogen) atoms. The van der Waals surface area contributed by atoms with E-state index in [2.05, 4.69) is 62.6 Å². The zero-order chi connectivity index (χ0) is 31.8. The first-order chi connectivity index (χ1) is 22.1. The summed E-state index contributed by atoms with van der Waals surface area (Å²) in [5, 5.41) is 6.24. The molecule has 0 amide bonds. The molecule has 8 rings (SSSR count). The summed E-state index contributed by atoms with van der Waals surface area (Å²) in [6.07, 6.45) is 1.44. The Morgan fingerprint density at radius 2 is 1.70 bits per heavy atom. The van der Waals surface area contributed by atoms with Crippen LogP contribution in [0.15, 0.2) is 109 Å². The summed E-state index contributed by atoms with van der Waals surface area (Å²) < 4.78 is 49.3. The lowest BCUT2D eigenvalue weighted by molar-refractivity contribution is 0.840. The third-order valence-electron chi connectivity index (χ3n) is 7.61. The van der Waals surface area contributed by atoms with E-state index in [1.807, 2.05) is 54.6 Å². The second-order valence-corrected chi connectivity index (χ2v) is 10.9. The number of fused-ring (bicyclic) bond motifs is 6. The topological polar surface area (TPSA) is 41.1 Å². The molecule has 192 valence electrons. The van der Waals surface area contributed by atoms with E-state index < -0.39 is 13.7 Å². The maximum Gasteiger partial charge on any atom is 0.132 e. The lowest BCUT2D eigenvalue weighted by Gasteiger charge is -2.30. The average Bonchev–Trinajstić information content (AvgIpc) is 3.62. The Bertz CT molecular complexity index is 2300. The summed E-state index contributed by atoms with van der Waals surface area (Å²) in [5.74, 6) is 0. The van der Waals surface area contributed by atoms with Gasteiger partial charge in [0.1, 0.15) is 11.0 Å². The molecule has 0 aliphatic carbocycles. The molecular formula is C35H26N4S. The van der Waals surface area contributed by atoms with Crippen LogP contribution in [0.3, 0.4) is 0 Å². The number of rotatable bonds is 3. The van der Waals surface area contributed by atoms with Crippen LogP contribution in [0.25, 0.3) is 42.3 Å². The summed E-state index contributed by atoms with van der Waals surface area (Å²) in [6, 6.07) is 34.2. The van der Waals surface area contributed by atoms with Gasteiger partial charge in [0.15, 0.2) is 0 Å². The molecule has 0 bridgehead atoms. The van der Waals surface area contributed by atoms with Crippen molar-refractivity contribution in [2.75, 3.05) is 10.2 Å². The van der Waals surface area contributed by atoms with E-state index in [0.29, 0.717) is 10.2 Å². The van der Waals surface area contributed by atoms with Crippen LogP contribution < -0.4 is 10.2 Å². The van der Waals surface area contributed by atoms with Crippen LogP contribution in [-0.2, 0) is 0 Å². The van der Waals surface area contributed by atoms with Gasteiger partial charge in [-0.2, -0.15) is 0 Å². The van der Waals surface area contributed by atoms with Crippen molar-refractivity contribution in [3.63, 3.8) is 0 Å². The molecule has 0 spiro atoms. The highest BCUT2D eigenvalue weighted by atomic mass is 32.1. The molecule has 0 radical (unpaired) electrons. The predicted octanol–water partition coefficient (Wildman–Crippen LogP) is 9.54. The molecule has 1 atom stereocenters. The lowest BCUT2D eigenvalue weighted by atomic mass is 10.0. The van der Waals surface area contributed by atoms with Crippen molar-refractivity contribution in [1.82, 2.24) is 9.97 Å². The number of nitrogens with zero attached hydrogens (tertiary/aromatic N) is 3. The van der Waals surface area contributed by atoms with E-state index in [-0.39, 0.29) is 17.4 Å². The largest absolute Gasteiger partial charge is 0.359 e. The van der Waals surface area contributed by atoms with E-state index in [1.54, 1.807) is 6.20 Å². The molecule has 0 fully saturated rings. The van der Waals surface area contributed by atoms with Gasteiger partial charge in [-0.05, 0) is 61.2 Å². The van der Waals surface area contributed by atoms with E-state index in [9.17, 15) is 0 Å². The summed E-state index contributed by atoms with van der Waals surface area (Å²) in [4.78, 5) is 11.9. The minimum atomic E-state index is -2.67. The Morgan fingerprint density at radius 3 is 2.60 bits per heavy atom. The van der Waals surface area contributed by atoms with Gasteiger partial charge in [-0.3, -0.25) is 4.98 Å². The number of aryl methyl sites for hydroxylation is 2. The van der Waals surface area contributed by atoms with Crippen LogP contribution in [0.5, 0.6) is 0 Å². The van der Waals surface area contributed by atoms with Gasteiger partial charge in [0, 0.05) is 52.1 Å². The maximum atomic E-state index is 8.09. The number of thiophene rings is 1. The molecule has 4 heterocycles. The fourth-order valence-corrected chi connectivity index (χ4v) is 7.03. The highest BCUT2D eigenvalue weighted by Crippen LogP contribution is 2.53.